The third-order valence-electron chi connectivity index (χ3n) is 4.25. The van der Waals surface area contributed by atoms with Gasteiger partial charge in [-0.2, -0.15) is 0 Å². The fourth-order valence-corrected chi connectivity index (χ4v) is 2.73. The molecular formula is C18H29N3O3. The predicted octanol–water partition coefficient (Wildman–Crippen LogP) is 1.64. The van der Waals surface area contributed by atoms with Gasteiger partial charge in [0.25, 0.3) is 5.91 Å². The number of ether oxygens (including phenoxy) is 2. The summed E-state index contributed by atoms with van der Waals surface area (Å²) in [7, 11) is 1.53. The van der Waals surface area contributed by atoms with Gasteiger partial charge in [-0.3, -0.25) is 9.69 Å². The van der Waals surface area contributed by atoms with Crippen molar-refractivity contribution in [2.24, 2.45) is 0 Å². The molecule has 1 amide bonds. The molecule has 0 radical (unpaired) electrons. The van der Waals surface area contributed by atoms with Crippen molar-refractivity contribution in [2.45, 2.75) is 26.2 Å². The van der Waals surface area contributed by atoms with E-state index >= 15 is 0 Å². The van der Waals surface area contributed by atoms with Crippen LogP contribution in [-0.4, -0.2) is 57.3 Å². The van der Waals surface area contributed by atoms with Crippen LogP contribution < -0.4 is 15.8 Å². The van der Waals surface area contributed by atoms with Gasteiger partial charge < -0.3 is 20.5 Å². The van der Waals surface area contributed by atoms with Crippen LogP contribution in [0.15, 0.2) is 12.1 Å². The number of amides is 1. The van der Waals surface area contributed by atoms with Crippen LogP contribution in [0.2, 0.25) is 0 Å². The maximum absolute atomic E-state index is 12.6. The summed E-state index contributed by atoms with van der Waals surface area (Å²) in [5.74, 6) is 0.282. The lowest BCUT2D eigenvalue weighted by Gasteiger charge is -2.26. The molecule has 0 saturated carbocycles. The lowest BCUT2D eigenvalue weighted by molar-refractivity contribution is 0.0383. The fraction of sp³-hybridized carbons (Fsp3) is 0.611. The third-order valence-corrected chi connectivity index (χ3v) is 4.25. The van der Waals surface area contributed by atoms with Gasteiger partial charge in [0.15, 0.2) is 5.75 Å². The molecule has 0 aromatic heterocycles. The van der Waals surface area contributed by atoms with Crippen molar-refractivity contribution in [1.82, 2.24) is 10.2 Å². The summed E-state index contributed by atoms with van der Waals surface area (Å²) < 4.78 is 10.7. The molecule has 134 valence electrons. The summed E-state index contributed by atoms with van der Waals surface area (Å²) in [6.45, 7) is 11.0. The Morgan fingerprint density at radius 3 is 2.58 bits per heavy atom. The van der Waals surface area contributed by atoms with Crippen molar-refractivity contribution in [3.8, 4) is 5.75 Å². The highest BCUT2D eigenvalue weighted by atomic mass is 16.5. The van der Waals surface area contributed by atoms with Crippen LogP contribution in [0.25, 0.3) is 0 Å². The molecule has 2 rings (SSSR count). The molecule has 0 bridgehead atoms. The molecule has 1 aliphatic heterocycles. The van der Waals surface area contributed by atoms with Crippen molar-refractivity contribution in [1.29, 1.82) is 0 Å². The number of hydrogen-bond donors (Lipinski definition) is 2. The van der Waals surface area contributed by atoms with Gasteiger partial charge in [0.1, 0.15) is 0 Å². The zero-order valence-corrected chi connectivity index (χ0v) is 15.1. The topological polar surface area (TPSA) is 76.8 Å². The minimum absolute atomic E-state index is 0.0940. The molecule has 0 aliphatic carbocycles. The summed E-state index contributed by atoms with van der Waals surface area (Å²) in [6.07, 6.45) is 0. The lowest BCUT2D eigenvalue weighted by atomic mass is 9.85. The van der Waals surface area contributed by atoms with Crippen LogP contribution >= 0.6 is 0 Å². The minimum atomic E-state index is -0.155. The lowest BCUT2D eigenvalue weighted by Crippen LogP contribution is -2.41. The van der Waals surface area contributed by atoms with Crippen LogP contribution in [0.1, 0.15) is 36.7 Å². The Balaban J connectivity index is 2.07. The Morgan fingerprint density at radius 1 is 1.33 bits per heavy atom. The van der Waals surface area contributed by atoms with Crippen LogP contribution in [0.5, 0.6) is 5.75 Å². The van der Waals surface area contributed by atoms with Gasteiger partial charge >= 0.3 is 0 Å². The second kappa shape index (κ2) is 7.85. The second-order valence-electron chi connectivity index (χ2n) is 7.11. The molecule has 0 atom stereocenters. The number of morpholine rings is 1. The van der Waals surface area contributed by atoms with Crippen molar-refractivity contribution >= 4 is 11.6 Å². The Hall–Kier alpha value is -1.79. The maximum Gasteiger partial charge on any atom is 0.255 e. The minimum Gasteiger partial charge on any atom is -0.494 e. The molecule has 3 N–H and O–H groups in total. The number of nitrogens with one attached hydrogen (secondary N) is 1. The summed E-state index contributed by atoms with van der Waals surface area (Å²) in [5, 5.41) is 2.97. The van der Waals surface area contributed by atoms with Crippen LogP contribution in [0, 0.1) is 0 Å². The van der Waals surface area contributed by atoms with Crippen molar-refractivity contribution in [3.63, 3.8) is 0 Å². The smallest absolute Gasteiger partial charge is 0.255 e. The molecule has 6 nitrogen and oxygen atoms in total. The number of benzene rings is 1. The molecule has 1 heterocycles. The summed E-state index contributed by atoms with van der Waals surface area (Å²) in [5.41, 5.74) is 7.98. The van der Waals surface area contributed by atoms with E-state index in [1.54, 1.807) is 0 Å². The van der Waals surface area contributed by atoms with Crippen molar-refractivity contribution in [2.75, 3.05) is 52.2 Å². The van der Waals surface area contributed by atoms with Gasteiger partial charge in [0, 0.05) is 26.2 Å². The van der Waals surface area contributed by atoms with Gasteiger partial charge in [0.05, 0.1) is 31.6 Å². The molecule has 1 aromatic rings. The molecule has 24 heavy (non-hydrogen) atoms. The Kier molecular flexibility index (Phi) is 6.07. The van der Waals surface area contributed by atoms with Gasteiger partial charge in [-0.1, -0.05) is 20.8 Å². The number of methoxy groups -OCH3 is 1. The Labute approximate surface area is 144 Å². The normalized spacial score (nSPS) is 16.0. The number of rotatable bonds is 5. The van der Waals surface area contributed by atoms with E-state index in [0.717, 1.165) is 38.4 Å². The molecule has 1 fully saturated rings. The van der Waals surface area contributed by atoms with E-state index in [-0.39, 0.29) is 11.3 Å². The number of nitrogen functional groups attached to an aromatic ring is 1. The van der Waals surface area contributed by atoms with E-state index in [0.29, 0.717) is 23.5 Å². The zero-order valence-electron chi connectivity index (χ0n) is 15.1. The highest BCUT2D eigenvalue weighted by Gasteiger charge is 2.22. The van der Waals surface area contributed by atoms with E-state index in [2.05, 4.69) is 31.0 Å². The predicted molar refractivity (Wildman–Crippen MR) is 95.7 cm³/mol. The average Bonchev–Trinajstić information content (AvgIpc) is 2.54. The van der Waals surface area contributed by atoms with Gasteiger partial charge in [-0.25, -0.2) is 0 Å². The molecule has 1 saturated heterocycles. The molecule has 6 heteroatoms. The molecule has 1 aromatic carbocycles. The van der Waals surface area contributed by atoms with Gasteiger partial charge in [-0.15, -0.1) is 0 Å². The molecule has 1 aliphatic rings. The van der Waals surface area contributed by atoms with Gasteiger partial charge in [-0.05, 0) is 23.1 Å². The second-order valence-corrected chi connectivity index (χ2v) is 7.11. The maximum atomic E-state index is 12.6. The van der Waals surface area contributed by atoms with Crippen LogP contribution in [0.3, 0.4) is 0 Å². The van der Waals surface area contributed by atoms with Crippen LogP contribution in [-0.2, 0) is 10.2 Å². The number of hydrogen-bond acceptors (Lipinski definition) is 5. The van der Waals surface area contributed by atoms with Gasteiger partial charge in [0.2, 0.25) is 0 Å². The summed E-state index contributed by atoms with van der Waals surface area (Å²) in [6, 6.07) is 3.75. The van der Waals surface area contributed by atoms with E-state index < -0.39 is 0 Å². The number of carbonyl (C=O) groups excluding carboxylic acids is 1. The highest BCUT2D eigenvalue weighted by Crippen LogP contribution is 2.33. The summed E-state index contributed by atoms with van der Waals surface area (Å²) in [4.78, 5) is 14.9. The third kappa shape index (κ3) is 4.61. The number of carbonyl (C=O) groups is 1. The van der Waals surface area contributed by atoms with Crippen LogP contribution in [0.4, 0.5) is 5.69 Å². The first-order valence-corrected chi connectivity index (χ1v) is 8.39. The highest BCUT2D eigenvalue weighted by molar-refractivity contribution is 5.99. The number of nitrogens with zero attached hydrogens (tertiary/aromatic N) is 1. The van der Waals surface area contributed by atoms with E-state index in [1.165, 1.54) is 7.11 Å². The quantitative estimate of drug-likeness (QED) is 0.800. The fourth-order valence-electron chi connectivity index (χ4n) is 2.73. The van der Waals surface area contributed by atoms with Crippen molar-refractivity contribution < 1.29 is 14.3 Å². The SMILES string of the molecule is COc1c(N)cc(C(C)(C)C)cc1C(=O)NCCN1CCOCC1. The number of nitrogens with two attached hydrogens (primary N) is 1. The molecule has 0 spiro atoms. The largest absolute Gasteiger partial charge is 0.494 e. The standard InChI is InChI=1S/C18H29N3O3/c1-18(2,3)13-11-14(16(23-4)15(19)12-13)17(22)20-5-6-21-7-9-24-10-8-21/h11-12H,5-10,19H2,1-4H3,(H,20,22). The molecule has 0 unspecified atom stereocenters. The Morgan fingerprint density at radius 2 is 2.00 bits per heavy atom. The zero-order chi connectivity index (χ0) is 17.7. The molecular weight excluding hydrogens is 306 g/mol. The van der Waals surface area contributed by atoms with E-state index in [1.807, 2.05) is 12.1 Å². The summed E-state index contributed by atoms with van der Waals surface area (Å²) >= 11 is 0. The monoisotopic (exact) mass is 335 g/mol. The first-order valence-electron chi connectivity index (χ1n) is 8.39. The Bertz CT molecular complexity index is 576. The van der Waals surface area contributed by atoms with E-state index in [4.69, 9.17) is 15.2 Å². The first kappa shape index (κ1) is 18.5. The van der Waals surface area contributed by atoms with E-state index in [9.17, 15) is 4.79 Å². The number of anilines is 1. The van der Waals surface area contributed by atoms with Crippen molar-refractivity contribution in [3.05, 3.63) is 23.3 Å². The average molecular weight is 335 g/mol. The first-order chi connectivity index (χ1) is 11.3.